The maximum atomic E-state index is 6.42. The van der Waals surface area contributed by atoms with E-state index in [1.54, 1.807) is 0 Å². The second-order valence-corrected chi connectivity index (χ2v) is 4.79. The van der Waals surface area contributed by atoms with Crippen LogP contribution in [0.5, 0.6) is 0 Å². The van der Waals surface area contributed by atoms with Crippen molar-refractivity contribution < 1.29 is 0 Å². The van der Waals surface area contributed by atoms with Gasteiger partial charge in [-0.2, -0.15) is 0 Å². The smallest absolute Gasteiger partial charge is 0.0404 e. The van der Waals surface area contributed by atoms with Crippen LogP contribution < -0.4 is 0 Å². The second kappa shape index (κ2) is 6.17. The van der Waals surface area contributed by atoms with Crippen LogP contribution in [0.3, 0.4) is 0 Å². The number of aryl methyl sites for hydroxylation is 1. The Balaban J connectivity index is 2.77. The minimum absolute atomic E-state index is 0.280. The Morgan fingerprint density at radius 2 is 1.73 bits per heavy atom. The molecule has 0 N–H and O–H groups in total. The fourth-order valence-electron chi connectivity index (χ4n) is 1.99. The molecule has 1 heteroatoms. The summed E-state index contributed by atoms with van der Waals surface area (Å²) >= 11 is 6.42. The molecule has 0 aromatic heterocycles. The molecule has 0 saturated carbocycles. The van der Waals surface area contributed by atoms with E-state index in [2.05, 4.69) is 45.0 Å². The van der Waals surface area contributed by atoms with Gasteiger partial charge in [0.1, 0.15) is 0 Å². The average Bonchev–Trinajstić information content (AvgIpc) is 2.22. The molecule has 1 rings (SSSR count). The zero-order valence-corrected chi connectivity index (χ0v) is 10.7. The molecule has 0 aliphatic rings. The average molecular weight is 225 g/mol. The zero-order chi connectivity index (χ0) is 11.3. The van der Waals surface area contributed by atoms with Gasteiger partial charge in [0.05, 0.1) is 0 Å². The van der Waals surface area contributed by atoms with Gasteiger partial charge in [0, 0.05) is 5.38 Å². The quantitative estimate of drug-likeness (QED) is 0.625. The fourth-order valence-corrected chi connectivity index (χ4v) is 2.53. The SMILES string of the molecule is CCCC(Cl)C(CC)c1ccc(C)cc1. The first-order valence-corrected chi connectivity index (χ1v) is 6.33. The molecular weight excluding hydrogens is 204 g/mol. The van der Waals surface area contributed by atoms with Gasteiger partial charge in [-0.3, -0.25) is 0 Å². The van der Waals surface area contributed by atoms with E-state index in [4.69, 9.17) is 11.6 Å². The molecule has 1 aromatic rings. The maximum Gasteiger partial charge on any atom is 0.0404 e. The highest BCUT2D eigenvalue weighted by atomic mass is 35.5. The standard InChI is InChI=1S/C14H21Cl/c1-4-6-14(15)13(5-2)12-9-7-11(3)8-10-12/h7-10,13-14H,4-6H2,1-3H3. The Morgan fingerprint density at radius 1 is 1.13 bits per heavy atom. The van der Waals surface area contributed by atoms with Crippen LogP contribution >= 0.6 is 11.6 Å². The van der Waals surface area contributed by atoms with Gasteiger partial charge in [-0.15, -0.1) is 11.6 Å². The fraction of sp³-hybridized carbons (Fsp3) is 0.571. The van der Waals surface area contributed by atoms with E-state index in [-0.39, 0.29) is 5.38 Å². The normalized spacial score (nSPS) is 14.9. The molecule has 0 fully saturated rings. The molecule has 0 amide bonds. The Kier molecular flexibility index (Phi) is 5.17. The predicted molar refractivity (Wildman–Crippen MR) is 68.8 cm³/mol. The van der Waals surface area contributed by atoms with Crippen molar-refractivity contribution in [3.8, 4) is 0 Å². The summed E-state index contributed by atoms with van der Waals surface area (Å²) < 4.78 is 0. The number of alkyl halides is 1. The van der Waals surface area contributed by atoms with Gasteiger partial charge in [-0.25, -0.2) is 0 Å². The van der Waals surface area contributed by atoms with Crippen molar-refractivity contribution in [3.05, 3.63) is 35.4 Å². The van der Waals surface area contributed by atoms with Crippen molar-refractivity contribution in [2.75, 3.05) is 0 Å². The van der Waals surface area contributed by atoms with E-state index in [9.17, 15) is 0 Å². The molecule has 84 valence electrons. The molecular formula is C14H21Cl. The summed E-state index contributed by atoms with van der Waals surface area (Å²) in [4.78, 5) is 0. The van der Waals surface area contributed by atoms with Crippen molar-refractivity contribution >= 4 is 11.6 Å². The molecule has 2 unspecified atom stereocenters. The molecule has 0 saturated heterocycles. The second-order valence-electron chi connectivity index (χ2n) is 4.23. The van der Waals surface area contributed by atoms with Gasteiger partial charge in [-0.05, 0) is 31.2 Å². The van der Waals surface area contributed by atoms with E-state index >= 15 is 0 Å². The van der Waals surface area contributed by atoms with E-state index in [0.29, 0.717) is 5.92 Å². The minimum Gasteiger partial charge on any atom is -0.122 e. The van der Waals surface area contributed by atoms with Crippen molar-refractivity contribution in [1.29, 1.82) is 0 Å². The molecule has 0 nitrogen and oxygen atoms in total. The third kappa shape index (κ3) is 3.53. The lowest BCUT2D eigenvalue weighted by molar-refractivity contribution is 0.578. The van der Waals surface area contributed by atoms with Crippen LogP contribution in [0.15, 0.2) is 24.3 Å². The number of hydrogen-bond acceptors (Lipinski definition) is 0. The first-order valence-electron chi connectivity index (χ1n) is 5.89. The van der Waals surface area contributed by atoms with Gasteiger partial charge in [0.25, 0.3) is 0 Å². The Hall–Kier alpha value is -0.490. The van der Waals surface area contributed by atoms with Gasteiger partial charge in [0.15, 0.2) is 0 Å². The molecule has 15 heavy (non-hydrogen) atoms. The molecule has 0 aliphatic carbocycles. The molecule has 1 aromatic carbocycles. The van der Waals surface area contributed by atoms with Gasteiger partial charge >= 0.3 is 0 Å². The summed E-state index contributed by atoms with van der Waals surface area (Å²) in [5, 5.41) is 0.280. The molecule has 0 radical (unpaired) electrons. The van der Waals surface area contributed by atoms with Gasteiger partial charge < -0.3 is 0 Å². The Bertz CT molecular complexity index is 276. The van der Waals surface area contributed by atoms with Gasteiger partial charge in [0.2, 0.25) is 0 Å². The molecule has 0 heterocycles. The van der Waals surface area contributed by atoms with Crippen LogP contribution in [0.1, 0.15) is 50.2 Å². The van der Waals surface area contributed by atoms with Crippen LogP contribution in [0.25, 0.3) is 0 Å². The summed E-state index contributed by atoms with van der Waals surface area (Å²) in [6.07, 6.45) is 3.39. The Labute approximate surface area is 98.7 Å². The van der Waals surface area contributed by atoms with Crippen LogP contribution in [0, 0.1) is 6.92 Å². The third-order valence-electron chi connectivity index (χ3n) is 2.95. The monoisotopic (exact) mass is 224 g/mol. The number of hydrogen-bond donors (Lipinski definition) is 0. The van der Waals surface area contributed by atoms with E-state index in [1.165, 1.54) is 11.1 Å². The first-order chi connectivity index (χ1) is 7.19. The third-order valence-corrected chi connectivity index (χ3v) is 3.47. The van der Waals surface area contributed by atoms with Crippen LogP contribution in [0.2, 0.25) is 0 Å². The maximum absolute atomic E-state index is 6.42. The minimum atomic E-state index is 0.280. The summed E-state index contributed by atoms with van der Waals surface area (Å²) in [7, 11) is 0. The summed E-state index contributed by atoms with van der Waals surface area (Å²) in [6.45, 7) is 6.53. The van der Waals surface area contributed by atoms with Crippen molar-refractivity contribution in [1.82, 2.24) is 0 Å². The lowest BCUT2D eigenvalue weighted by atomic mass is 9.90. The molecule has 0 aliphatic heterocycles. The van der Waals surface area contributed by atoms with Crippen LogP contribution in [-0.2, 0) is 0 Å². The van der Waals surface area contributed by atoms with Crippen molar-refractivity contribution in [2.45, 2.75) is 51.3 Å². The highest BCUT2D eigenvalue weighted by Crippen LogP contribution is 2.29. The summed E-state index contributed by atoms with van der Waals surface area (Å²) in [5.41, 5.74) is 2.70. The lowest BCUT2D eigenvalue weighted by Gasteiger charge is -2.21. The number of rotatable bonds is 5. The van der Waals surface area contributed by atoms with Crippen LogP contribution in [0.4, 0.5) is 0 Å². The number of halogens is 1. The predicted octanol–water partition coefficient (Wildman–Crippen LogP) is 4.90. The molecule has 0 spiro atoms. The Morgan fingerprint density at radius 3 is 2.20 bits per heavy atom. The first kappa shape index (κ1) is 12.6. The van der Waals surface area contributed by atoms with E-state index < -0.39 is 0 Å². The van der Waals surface area contributed by atoms with Crippen LogP contribution in [-0.4, -0.2) is 5.38 Å². The largest absolute Gasteiger partial charge is 0.122 e. The van der Waals surface area contributed by atoms with Gasteiger partial charge in [-0.1, -0.05) is 50.1 Å². The zero-order valence-electron chi connectivity index (χ0n) is 9.96. The number of benzene rings is 1. The molecule has 2 atom stereocenters. The topological polar surface area (TPSA) is 0 Å². The summed E-state index contributed by atoms with van der Waals surface area (Å²) in [5.74, 6) is 0.507. The highest BCUT2D eigenvalue weighted by molar-refractivity contribution is 6.21. The van der Waals surface area contributed by atoms with E-state index in [1.807, 2.05) is 0 Å². The summed E-state index contributed by atoms with van der Waals surface area (Å²) in [6, 6.07) is 8.78. The van der Waals surface area contributed by atoms with Crippen molar-refractivity contribution in [2.24, 2.45) is 0 Å². The van der Waals surface area contributed by atoms with E-state index in [0.717, 1.165) is 19.3 Å². The molecule has 0 bridgehead atoms. The highest BCUT2D eigenvalue weighted by Gasteiger charge is 2.18. The lowest BCUT2D eigenvalue weighted by Crippen LogP contribution is -2.12. The van der Waals surface area contributed by atoms with Crippen molar-refractivity contribution in [3.63, 3.8) is 0 Å².